The summed E-state index contributed by atoms with van der Waals surface area (Å²) in [4.78, 5) is 35.9. The molecule has 0 radical (unpaired) electrons. The molecule has 9 heteroatoms. The maximum absolute atomic E-state index is 13.1. The smallest absolute Gasteiger partial charge is 0.295 e. The minimum absolute atomic E-state index is 0.0445. The van der Waals surface area contributed by atoms with Crippen molar-refractivity contribution in [3.05, 3.63) is 83.2 Å². The number of aromatic nitrogens is 3. The highest BCUT2D eigenvalue weighted by Gasteiger charge is 2.46. The Morgan fingerprint density at radius 3 is 2.72 bits per heavy atom. The van der Waals surface area contributed by atoms with Crippen LogP contribution in [-0.2, 0) is 16.1 Å². The summed E-state index contributed by atoms with van der Waals surface area (Å²) in [5, 5.41) is 11.5. The van der Waals surface area contributed by atoms with E-state index in [-0.39, 0.29) is 16.9 Å². The molecule has 1 aliphatic heterocycles. The Bertz CT molecular complexity index is 1160. The van der Waals surface area contributed by atoms with Gasteiger partial charge in [0, 0.05) is 36.7 Å². The summed E-state index contributed by atoms with van der Waals surface area (Å²) in [6.07, 6.45) is 7.37. The number of benzene rings is 1. The molecule has 164 valence electrons. The standard InChI is InChI=1S/C23H21ClN4O4/c1-32-18-7-6-15(24)13-16(18)21(29)19-20(17-5-2-3-8-26-17)28(23(31)22(19)30)11-4-10-27-12-9-25-14-27/h2-3,5-9,12-14,20,29H,4,10-11H2,1H3/t20-/m1/s1. The lowest BCUT2D eigenvalue weighted by Crippen LogP contribution is -2.31. The Balaban J connectivity index is 1.76. The van der Waals surface area contributed by atoms with E-state index in [2.05, 4.69) is 9.97 Å². The molecule has 0 aliphatic carbocycles. The van der Waals surface area contributed by atoms with Crippen molar-refractivity contribution in [3.8, 4) is 5.75 Å². The molecule has 3 aromatic rings. The molecule has 1 fully saturated rings. The van der Waals surface area contributed by atoms with Crippen molar-refractivity contribution in [2.24, 2.45) is 0 Å². The van der Waals surface area contributed by atoms with Gasteiger partial charge in [-0.3, -0.25) is 14.6 Å². The Labute approximate surface area is 189 Å². The van der Waals surface area contributed by atoms with Crippen molar-refractivity contribution in [2.75, 3.05) is 13.7 Å². The lowest BCUT2D eigenvalue weighted by molar-refractivity contribution is -0.140. The lowest BCUT2D eigenvalue weighted by atomic mass is 9.98. The Hall–Kier alpha value is -3.65. The number of rotatable bonds is 7. The van der Waals surface area contributed by atoms with Crippen molar-refractivity contribution in [2.45, 2.75) is 19.0 Å². The predicted molar refractivity (Wildman–Crippen MR) is 118 cm³/mol. The number of hydrogen-bond donors (Lipinski definition) is 1. The van der Waals surface area contributed by atoms with Crippen LogP contribution in [-0.4, -0.2) is 49.9 Å². The van der Waals surface area contributed by atoms with Gasteiger partial charge < -0.3 is 19.3 Å². The Morgan fingerprint density at radius 2 is 2.03 bits per heavy atom. The van der Waals surface area contributed by atoms with E-state index in [9.17, 15) is 14.7 Å². The molecule has 0 saturated carbocycles. The number of ketones is 1. The summed E-state index contributed by atoms with van der Waals surface area (Å²) >= 11 is 6.12. The predicted octanol–water partition coefficient (Wildman–Crippen LogP) is 3.45. The van der Waals surface area contributed by atoms with Crippen molar-refractivity contribution < 1.29 is 19.4 Å². The normalized spacial score (nSPS) is 17.7. The summed E-state index contributed by atoms with van der Waals surface area (Å²) in [5.74, 6) is -1.48. The number of carbonyl (C=O) groups excluding carboxylic acids is 2. The lowest BCUT2D eigenvalue weighted by Gasteiger charge is -2.24. The van der Waals surface area contributed by atoms with Crippen molar-refractivity contribution in [1.29, 1.82) is 0 Å². The molecular weight excluding hydrogens is 432 g/mol. The minimum atomic E-state index is -0.831. The highest BCUT2D eigenvalue weighted by molar-refractivity contribution is 6.46. The molecule has 4 rings (SSSR count). The fourth-order valence-corrected chi connectivity index (χ4v) is 3.98. The molecule has 3 heterocycles. The van der Waals surface area contributed by atoms with Crippen LogP contribution >= 0.6 is 11.6 Å². The van der Waals surface area contributed by atoms with E-state index in [4.69, 9.17) is 16.3 Å². The van der Waals surface area contributed by atoms with Gasteiger partial charge in [0.25, 0.3) is 11.7 Å². The summed E-state index contributed by atoms with van der Waals surface area (Å²) in [5.41, 5.74) is 0.672. The van der Waals surface area contributed by atoms with Crippen LogP contribution in [0.15, 0.2) is 66.9 Å². The zero-order chi connectivity index (χ0) is 22.7. The van der Waals surface area contributed by atoms with E-state index in [1.54, 1.807) is 49.1 Å². The number of hydrogen-bond acceptors (Lipinski definition) is 6. The first-order valence-corrected chi connectivity index (χ1v) is 10.4. The van der Waals surface area contributed by atoms with Gasteiger partial charge in [-0.25, -0.2) is 4.98 Å². The average molecular weight is 453 g/mol. The van der Waals surface area contributed by atoms with Gasteiger partial charge >= 0.3 is 0 Å². The number of carbonyl (C=O) groups is 2. The zero-order valence-corrected chi connectivity index (χ0v) is 18.1. The highest BCUT2D eigenvalue weighted by atomic mass is 35.5. The van der Waals surface area contributed by atoms with Crippen LogP contribution in [0.2, 0.25) is 5.02 Å². The van der Waals surface area contributed by atoms with E-state index >= 15 is 0 Å². The number of halogens is 1. The molecule has 1 atom stereocenters. The molecule has 0 bridgehead atoms. The van der Waals surface area contributed by atoms with Crippen LogP contribution in [0.5, 0.6) is 5.75 Å². The first-order chi connectivity index (χ1) is 15.5. The quantitative estimate of drug-likeness (QED) is 0.335. The summed E-state index contributed by atoms with van der Waals surface area (Å²) in [6.45, 7) is 0.924. The topological polar surface area (TPSA) is 97.6 Å². The van der Waals surface area contributed by atoms with E-state index in [0.717, 1.165) is 0 Å². The second-order valence-electron chi connectivity index (χ2n) is 7.25. The third-order valence-corrected chi connectivity index (χ3v) is 5.53. The fourth-order valence-electron chi connectivity index (χ4n) is 3.81. The van der Waals surface area contributed by atoms with E-state index in [1.807, 2.05) is 10.8 Å². The molecule has 2 aromatic heterocycles. The molecular formula is C23H21ClN4O4. The molecule has 1 N–H and O–H groups in total. The molecule has 1 aromatic carbocycles. The van der Waals surface area contributed by atoms with E-state index in [0.29, 0.717) is 36.0 Å². The summed E-state index contributed by atoms with van der Waals surface area (Å²) in [7, 11) is 1.45. The van der Waals surface area contributed by atoms with Crippen LogP contribution in [0.1, 0.15) is 23.7 Å². The van der Waals surface area contributed by atoms with Crippen LogP contribution < -0.4 is 4.74 Å². The minimum Gasteiger partial charge on any atom is -0.507 e. The number of nitrogens with zero attached hydrogens (tertiary/aromatic N) is 4. The maximum atomic E-state index is 13.1. The molecule has 8 nitrogen and oxygen atoms in total. The largest absolute Gasteiger partial charge is 0.507 e. The number of likely N-dealkylation sites (tertiary alicyclic amines) is 1. The third-order valence-electron chi connectivity index (χ3n) is 5.30. The SMILES string of the molecule is COc1ccc(Cl)cc1C(O)=C1C(=O)C(=O)N(CCCn2ccnc2)[C@@H]1c1ccccn1. The van der Waals surface area contributed by atoms with Gasteiger partial charge in [-0.15, -0.1) is 0 Å². The molecule has 0 spiro atoms. The average Bonchev–Trinajstić information content (AvgIpc) is 3.41. The number of aliphatic hydroxyl groups is 1. The van der Waals surface area contributed by atoms with Gasteiger partial charge in [0.1, 0.15) is 17.6 Å². The van der Waals surface area contributed by atoms with Crippen molar-refractivity contribution >= 4 is 29.1 Å². The zero-order valence-electron chi connectivity index (χ0n) is 17.3. The van der Waals surface area contributed by atoms with Crippen molar-refractivity contribution in [1.82, 2.24) is 19.4 Å². The fraction of sp³-hybridized carbons (Fsp3) is 0.217. The van der Waals surface area contributed by atoms with E-state index in [1.165, 1.54) is 18.1 Å². The second kappa shape index (κ2) is 9.23. The summed E-state index contributed by atoms with van der Waals surface area (Å²) in [6, 6.07) is 9.11. The number of pyridine rings is 1. The molecule has 0 unspecified atom stereocenters. The Morgan fingerprint density at radius 1 is 1.19 bits per heavy atom. The molecule has 32 heavy (non-hydrogen) atoms. The maximum Gasteiger partial charge on any atom is 0.295 e. The van der Waals surface area contributed by atoms with Crippen LogP contribution in [0.25, 0.3) is 5.76 Å². The van der Waals surface area contributed by atoms with Gasteiger partial charge in [0.15, 0.2) is 0 Å². The molecule has 1 saturated heterocycles. The molecule has 1 aliphatic rings. The van der Waals surface area contributed by atoms with Gasteiger partial charge in [0.2, 0.25) is 0 Å². The number of aliphatic hydroxyl groups excluding tert-OH is 1. The van der Waals surface area contributed by atoms with Gasteiger partial charge in [-0.1, -0.05) is 17.7 Å². The number of Topliss-reactive ketones (excluding diaryl/α,β-unsaturated/α-hetero) is 1. The first-order valence-electron chi connectivity index (χ1n) is 10.00. The van der Waals surface area contributed by atoms with Crippen LogP contribution in [0.3, 0.4) is 0 Å². The number of aryl methyl sites for hydroxylation is 1. The molecule has 1 amide bonds. The number of imidazole rings is 1. The van der Waals surface area contributed by atoms with Gasteiger partial charge in [0.05, 0.1) is 30.3 Å². The van der Waals surface area contributed by atoms with Crippen LogP contribution in [0.4, 0.5) is 0 Å². The monoisotopic (exact) mass is 452 g/mol. The second-order valence-corrected chi connectivity index (χ2v) is 7.68. The number of amides is 1. The first kappa shape index (κ1) is 21.6. The Kier molecular flexibility index (Phi) is 6.23. The third kappa shape index (κ3) is 4.09. The number of methoxy groups -OCH3 is 1. The van der Waals surface area contributed by atoms with Gasteiger partial charge in [-0.2, -0.15) is 0 Å². The highest BCUT2D eigenvalue weighted by Crippen LogP contribution is 2.40. The number of ether oxygens (including phenoxy) is 1. The van der Waals surface area contributed by atoms with Gasteiger partial charge in [-0.05, 0) is 36.8 Å². The van der Waals surface area contributed by atoms with E-state index < -0.39 is 17.7 Å². The van der Waals surface area contributed by atoms with Crippen LogP contribution in [0, 0.1) is 0 Å². The van der Waals surface area contributed by atoms with Crippen molar-refractivity contribution in [3.63, 3.8) is 0 Å². The summed E-state index contributed by atoms with van der Waals surface area (Å²) < 4.78 is 7.22.